The molecule has 1 rings (SSSR count). The van der Waals surface area contributed by atoms with Gasteiger partial charge in [-0.15, -0.1) is 0 Å². The molecule has 1 amide bonds. The highest BCUT2D eigenvalue weighted by Crippen LogP contribution is 2.20. The Morgan fingerprint density at radius 2 is 2.11 bits per heavy atom. The van der Waals surface area contributed by atoms with Gasteiger partial charge in [0.05, 0.1) is 6.54 Å². The van der Waals surface area contributed by atoms with E-state index < -0.39 is 10.2 Å². The first-order valence-corrected chi connectivity index (χ1v) is 8.21. The third-order valence-electron chi connectivity index (χ3n) is 3.16. The van der Waals surface area contributed by atoms with Crippen LogP contribution in [0.25, 0.3) is 0 Å². The molecule has 0 aromatic heterocycles. The zero-order chi connectivity index (χ0) is 14.6. The summed E-state index contributed by atoms with van der Waals surface area (Å²) >= 11 is 0. The standard InChI is InChI=1S/C12H25N3O3S/c1-5-14(9-12(16)13-10(2)3)19(17,18)15-7-6-11(4)8-15/h10-11H,5-9H2,1-4H3,(H,13,16)/t11-/m1/s1. The van der Waals surface area contributed by atoms with E-state index in [4.69, 9.17) is 0 Å². The van der Waals surface area contributed by atoms with Crippen molar-refractivity contribution in [3.63, 3.8) is 0 Å². The van der Waals surface area contributed by atoms with Crippen LogP contribution in [0.1, 0.15) is 34.1 Å². The van der Waals surface area contributed by atoms with Crippen LogP contribution >= 0.6 is 0 Å². The van der Waals surface area contributed by atoms with E-state index in [0.29, 0.717) is 25.6 Å². The quantitative estimate of drug-likeness (QED) is 0.771. The largest absolute Gasteiger partial charge is 0.353 e. The van der Waals surface area contributed by atoms with Gasteiger partial charge in [0.15, 0.2) is 0 Å². The van der Waals surface area contributed by atoms with Crippen LogP contribution < -0.4 is 5.32 Å². The van der Waals surface area contributed by atoms with Crippen LogP contribution in [0.5, 0.6) is 0 Å². The first-order valence-electron chi connectivity index (χ1n) is 6.82. The minimum Gasteiger partial charge on any atom is -0.353 e. The molecular formula is C12H25N3O3S. The number of carbonyl (C=O) groups excluding carboxylic acids is 1. The molecule has 112 valence electrons. The maximum absolute atomic E-state index is 12.4. The number of hydrogen-bond donors (Lipinski definition) is 1. The van der Waals surface area contributed by atoms with Crippen molar-refractivity contribution in [2.75, 3.05) is 26.2 Å². The van der Waals surface area contributed by atoms with Gasteiger partial charge in [0.2, 0.25) is 5.91 Å². The smallest absolute Gasteiger partial charge is 0.282 e. The van der Waals surface area contributed by atoms with Crippen LogP contribution in [0.2, 0.25) is 0 Å². The molecule has 7 heteroatoms. The van der Waals surface area contributed by atoms with Crippen molar-refractivity contribution in [2.45, 2.75) is 40.2 Å². The maximum Gasteiger partial charge on any atom is 0.282 e. The highest BCUT2D eigenvalue weighted by molar-refractivity contribution is 7.86. The van der Waals surface area contributed by atoms with Crippen molar-refractivity contribution in [3.8, 4) is 0 Å². The Kier molecular flexibility index (Phi) is 5.76. The second kappa shape index (κ2) is 6.67. The van der Waals surface area contributed by atoms with E-state index in [0.717, 1.165) is 6.42 Å². The van der Waals surface area contributed by atoms with Crippen LogP contribution in [0.4, 0.5) is 0 Å². The molecule has 1 atom stereocenters. The maximum atomic E-state index is 12.4. The van der Waals surface area contributed by atoms with Crippen molar-refractivity contribution >= 4 is 16.1 Å². The van der Waals surface area contributed by atoms with Crippen LogP contribution in [0.3, 0.4) is 0 Å². The predicted octanol–water partition coefficient (Wildman–Crippen LogP) is 0.420. The molecule has 0 spiro atoms. The third-order valence-corrected chi connectivity index (χ3v) is 5.19. The molecule has 0 saturated carbocycles. The highest BCUT2D eigenvalue weighted by atomic mass is 32.2. The Labute approximate surface area is 116 Å². The van der Waals surface area contributed by atoms with Gasteiger partial charge in [-0.3, -0.25) is 4.79 Å². The van der Waals surface area contributed by atoms with Gasteiger partial charge in [0, 0.05) is 25.7 Å². The number of amides is 1. The Balaban J connectivity index is 2.70. The minimum atomic E-state index is -3.51. The van der Waals surface area contributed by atoms with Crippen LogP contribution in [0.15, 0.2) is 0 Å². The van der Waals surface area contributed by atoms with E-state index in [-0.39, 0.29) is 18.5 Å². The fourth-order valence-electron chi connectivity index (χ4n) is 2.15. The first-order chi connectivity index (χ1) is 8.77. The summed E-state index contributed by atoms with van der Waals surface area (Å²) in [4.78, 5) is 11.7. The summed E-state index contributed by atoms with van der Waals surface area (Å²) in [6.07, 6.45) is 0.884. The fourth-order valence-corrected chi connectivity index (χ4v) is 3.86. The van der Waals surface area contributed by atoms with Gasteiger partial charge in [0.1, 0.15) is 0 Å². The van der Waals surface area contributed by atoms with Crippen molar-refractivity contribution < 1.29 is 13.2 Å². The molecule has 1 heterocycles. The lowest BCUT2D eigenvalue weighted by Crippen LogP contribution is -2.47. The van der Waals surface area contributed by atoms with Gasteiger partial charge in [0.25, 0.3) is 10.2 Å². The molecular weight excluding hydrogens is 266 g/mol. The molecule has 19 heavy (non-hydrogen) atoms. The Bertz CT molecular complexity index is 408. The highest BCUT2D eigenvalue weighted by Gasteiger charge is 2.34. The molecule has 1 saturated heterocycles. The molecule has 0 aliphatic carbocycles. The second-order valence-electron chi connectivity index (χ2n) is 5.41. The van der Waals surface area contributed by atoms with E-state index in [1.807, 2.05) is 20.8 Å². The zero-order valence-electron chi connectivity index (χ0n) is 12.2. The molecule has 1 N–H and O–H groups in total. The summed E-state index contributed by atoms with van der Waals surface area (Å²) in [5.41, 5.74) is 0. The average molecular weight is 291 g/mol. The van der Waals surface area contributed by atoms with Gasteiger partial charge in [-0.25, -0.2) is 0 Å². The fraction of sp³-hybridized carbons (Fsp3) is 0.917. The molecule has 1 aliphatic rings. The van der Waals surface area contributed by atoms with Gasteiger partial charge in [-0.05, 0) is 26.2 Å². The molecule has 0 unspecified atom stereocenters. The lowest BCUT2D eigenvalue weighted by Gasteiger charge is -2.26. The zero-order valence-corrected chi connectivity index (χ0v) is 13.0. The molecule has 6 nitrogen and oxygen atoms in total. The van der Waals surface area contributed by atoms with Crippen LogP contribution in [0, 0.1) is 5.92 Å². The summed E-state index contributed by atoms with van der Waals surface area (Å²) in [5, 5.41) is 2.72. The summed E-state index contributed by atoms with van der Waals surface area (Å²) in [6.45, 7) is 8.78. The molecule has 0 radical (unpaired) electrons. The monoisotopic (exact) mass is 291 g/mol. The minimum absolute atomic E-state index is 0.0146. The molecule has 1 fully saturated rings. The first kappa shape index (κ1) is 16.4. The topological polar surface area (TPSA) is 69.7 Å². The number of nitrogens with zero attached hydrogens (tertiary/aromatic N) is 2. The summed E-state index contributed by atoms with van der Waals surface area (Å²) in [6, 6.07) is 0.0146. The van der Waals surface area contributed by atoms with Crippen LogP contribution in [-0.2, 0) is 15.0 Å². The van der Waals surface area contributed by atoms with E-state index in [9.17, 15) is 13.2 Å². The third kappa shape index (κ3) is 4.43. The molecule has 1 aliphatic heterocycles. The summed E-state index contributed by atoms with van der Waals surface area (Å²) in [5.74, 6) is 0.130. The van der Waals surface area contributed by atoms with Crippen molar-refractivity contribution in [2.24, 2.45) is 5.92 Å². The van der Waals surface area contributed by atoms with E-state index in [1.165, 1.54) is 8.61 Å². The van der Waals surface area contributed by atoms with Gasteiger partial charge >= 0.3 is 0 Å². The van der Waals surface area contributed by atoms with E-state index in [2.05, 4.69) is 5.32 Å². The van der Waals surface area contributed by atoms with Crippen molar-refractivity contribution in [1.82, 2.24) is 13.9 Å². The van der Waals surface area contributed by atoms with Crippen LogP contribution in [-0.4, -0.2) is 55.2 Å². The number of hydrogen-bond acceptors (Lipinski definition) is 3. The summed E-state index contributed by atoms with van der Waals surface area (Å²) < 4.78 is 27.5. The average Bonchev–Trinajstić information content (AvgIpc) is 2.72. The van der Waals surface area contributed by atoms with E-state index in [1.54, 1.807) is 6.92 Å². The Morgan fingerprint density at radius 1 is 1.47 bits per heavy atom. The lowest BCUT2D eigenvalue weighted by atomic mass is 10.2. The predicted molar refractivity (Wildman–Crippen MR) is 74.8 cm³/mol. The van der Waals surface area contributed by atoms with Gasteiger partial charge < -0.3 is 5.32 Å². The Hall–Kier alpha value is -0.660. The Morgan fingerprint density at radius 3 is 2.53 bits per heavy atom. The normalized spacial score (nSPS) is 21.3. The number of nitrogens with one attached hydrogen (secondary N) is 1. The van der Waals surface area contributed by atoms with Crippen molar-refractivity contribution in [1.29, 1.82) is 0 Å². The second-order valence-corrected chi connectivity index (χ2v) is 7.34. The van der Waals surface area contributed by atoms with Gasteiger partial charge in [-0.2, -0.15) is 17.0 Å². The van der Waals surface area contributed by atoms with Gasteiger partial charge in [-0.1, -0.05) is 13.8 Å². The lowest BCUT2D eigenvalue weighted by molar-refractivity contribution is -0.121. The summed E-state index contributed by atoms with van der Waals surface area (Å²) in [7, 11) is -3.51. The molecule has 0 aromatic rings. The van der Waals surface area contributed by atoms with Crippen molar-refractivity contribution in [3.05, 3.63) is 0 Å². The van der Waals surface area contributed by atoms with E-state index >= 15 is 0 Å². The number of carbonyl (C=O) groups is 1. The number of rotatable bonds is 6. The molecule has 0 aromatic carbocycles. The number of likely N-dealkylation sites (N-methyl/N-ethyl adjacent to an activating group) is 1. The SMILES string of the molecule is CCN(CC(=O)NC(C)C)S(=O)(=O)N1CC[C@@H](C)C1. The molecule has 0 bridgehead atoms.